The molecule has 0 saturated carbocycles. The first kappa shape index (κ1) is 22.5. The molecule has 0 saturated heterocycles. The highest BCUT2D eigenvalue weighted by Gasteiger charge is 2.00. The highest BCUT2D eigenvalue weighted by atomic mass is 35.5. The van der Waals surface area contributed by atoms with Crippen molar-refractivity contribution in [2.24, 2.45) is 10.2 Å². The normalized spacial score (nSPS) is 12.3. The van der Waals surface area contributed by atoms with Gasteiger partial charge in [-0.2, -0.15) is 10.2 Å². The SMILES string of the molecule is C[C@@H]([NH3+])c1ccc(Cl)cc1.Nc1ccc(N=Nc2ccc(S(=O)(=O)[O-])cc2)cc1. The third-order valence-electron chi connectivity index (χ3n) is 3.74. The second kappa shape index (κ2) is 10.1. The second-order valence-corrected chi connectivity index (χ2v) is 8.01. The molecule has 3 rings (SSSR count). The molecule has 29 heavy (non-hydrogen) atoms. The Balaban J connectivity index is 0.000000253. The summed E-state index contributed by atoms with van der Waals surface area (Å²) in [6.45, 7) is 2.06. The van der Waals surface area contributed by atoms with Gasteiger partial charge in [0.05, 0.1) is 16.3 Å². The first-order valence-corrected chi connectivity index (χ1v) is 10.4. The Morgan fingerprint density at radius 1 is 0.897 bits per heavy atom. The van der Waals surface area contributed by atoms with Crippen molar-refractivity contribution >= 4 is 38.8 Å². The van der Waals surface area contributed by atoms with Crippen LogP contribution in [0.25, 0.3) is 0 Å². The molecule has 0 heterocycles. The van der Waals surface area contributed by atoms with Gasteiger partial charge in [-0.25, -0.2) is 8.42 Å². The van der Waals surface area contributed by atoms with Gasteiger partial charge in [-0.05, 0) is 67.6 Å². The summed E-state index contributed by atoms with van der Waals surface area (Å²) >= 11 is 5.70. The van der Waals surface area contributed by atoms with Crippen molar-refractivity contribution in [1.82, 2.24) is 0 Å². The van der Waals surface area contributed by atoms with Crippen molar-refractivity contribution in [3.8, 4) is 0 Å². The van der Waals surface area contributed by atoms with Crippen LogP contribution in [0.2, 0.25) is 5.02 Å². The van der Waals surface area contributed by atoms with Crippen LogP contribution in [0.1, 0.15) is 18.5 Å². The molecule has 0 aliphatic heterocycles. The first-order valence-electron chi connectivity index (χ1n) is 8.57. The largest absolute Gasteiger partial charge is 0.744 e. The number of hydrogen-bond donors (Lipinski definition) is 2. The molecular weight excluding hydrogens is 412 g/mol. The van der Waals surface area contributed by atoms with Crippen molar-refractivity contribution in [3.63, 3.8) is 0 Å². The van der Waals surface area contributed by atoms with Gasteiger partial charge in [0.1, 0.15) is 16.2 Å². The molecule has 0 aliphatic carbocycles. The van der Waals surface area contributed by atoms with E-state index in [0.29, 0.717) is 23.1 Å². The lowest BCUT2D eigenvalue weighted by molar-refractivity contribution is -0.420. The number of halogens is 1. The first-order chi connectivity index (χ1) is 13.6. The molecule has 0 spiro atoms. The quantitative estimate of drug-likeness (QED) is 0.362. The summed E-state index contributed by atoms with van der Waals surface area (Å²) in [6, 6.07) is 20.1. The number of quaternary nitrogens is 1. The number of hydrogen-bond acceptors (Lipinski definition) is 6. The number of rotatable bonds is 4. The lowest BCUT2D eigenvalue weighted by Gasteiger charge is -2.05. The molecule has 7 nitrogen and oxygen atoms in total. The molecule has 3 aromatic rings. The molecule has 5 N–H and O–H groups in total. The van der Waals surface area contributed by atoms with Crippen molar-refractivity contribution in [1.29, 1.82) is 0 Å². The van der Waals surface area contributed by atoms with Gasteiger partial charge in [0.15, 0.2) is 0 Å². The molecule has 9 heteroatoms. The Kier molecular flexibility index (Phi) is 7.86. The Morgan fingerprint density at radius 3 is 1.76 bits per heavy atom. The van der Waals surface area contributed by atoms with Gasteiger partial charge in [0.2, 0.25) is 0 Å². The molecule has 1 atom stereocenters. The molecule has 0 unspecified atom stereocenters. The van der Waals surface area contributed by atoms with Crippen LogP contribution in [0.15, 0.2) is 87.9 Å². The lowest BCUT2D eigenvalue weighted by Crippen LogP contribution is -2.51. The van der Waals surface area contributed by atoms with Gasteiger partial charge < -0.3 is 16.0 Å². The van der Waals surface area contributed by atoms with Gasteiger partial charge in [-0.1, -0.05) is 23.7 Å². The molecule has 3 aromatic carbocycles. The number of azo groups is 1. The number of benzene rings is 3. The molecule has 0 aromatic heterocycles. The van der Waals surface area contributed by atoms with Crippen LogP contribution < -0.4 is 11.5 Å². The van der Waals surface area contributed by atoms with Gasteiger partial charge >= 0.3 is 0 Å². The van der Waals surface area contributed by atoms with E-state index in [1.165, 1.54) is 29.8 Å². The van der Waals surface area contributed by atoms with Crippen molar-refractivity contribution in [3.05, 3.63) is 83.4 Å². The number of nitrogen functional groups attached to an aromatic ring is 1. The summed E-state index contributed by atoms with van der Waals surface area (Å²) < 4.78 is 32.2. The van der Waals surface area contributed by atoms with Crippen LogP contribution in [-0.4, -0.2) is 13.0 Å². The molecule has 0 bridgehead atoms. The van der Waals surface area contributed by atoms with E-state index in [1.807, 2.05) is 24.3 Å². The zero-order valence-electron chi connectivity index (χ0n) is 15.7. The Labute approximate surface area is 174 Å². The van der Waals surface area contributed by atoms with E-state index in [2.05, 4.69) is 22.9 Å². The zero-order chi connectivity index (χ0) is 21.4. The molecule has 0 fully saturated rings. The van der Waals surface area contributed by atoms with Crippen LogP contribution in [-0.2, 0) is 10.1 Å². The van der Waals surface area contributed by atoms with Crippen LogP contribution in [0.3, 0.4) is 0 Å². The average Bonchev–Trinajstić information content (AvgIpc) is 2.68. The fourth-order valence-corrected chi connectivity index (χ4v) is 2.72. The smallest absolute Gasteiger partial charge is 0.124 e. The van der Waals surface area contributed by atoms with E-state index in [9.17, 15) is 13.0 Å². The zero-order valence-corrected chi connectivity index (χ0v) is 17.3. The predicted octanol–water partition coefficient (Wildman–Crippen LogP) is 4.23. The van der Waals surface area contributed by atoms with Crippen molar-refractivity contribution < 1.29 is 18.7 Å². The lowest BCUT2D eigenvalue weighted by atomic mass is 10.1. The van der Waals surface area contributed by atoms with Crippen molar-refractivity contribution in [2.75, 3.05) is 5.73 Å². The standard InChI is InChI=1S/C12H11N3O3S.C8H10ClN/c13-9-1-3-10(4-2-9)14-15-11-5-7-12(8-6-11)19(16,17)18;1-6(10)7-2-4-8(9)5-3-7/h1-8H,13H2,(H,16,17,18);2-6H,10H2,1H3/t;6-/m.1/s1. The maximum absolute atomic E-state index is 10.7. The monoisotopic (exact) mass is 432 g/mol. The number of nitrogens with two attached hydrogens (primary N) is 1. The molecular formula is C20H21ClN4O3S. The Bertz CT molecular complexity index is 1050. The summed E-state index contributed by atoms with van der Waals surface area (Å²) in [5, 5.41) is 8.65. The van der Waals surface area contributed by atoms with E-state index in [0.717, 1.165) is 5.02 Å². The summed E-state index contributed by atoms with van der Waals surface area (Å²) in [5.41, 5.74) is 12.4. The van der Waals surface area contributed by atoms with E-state index in [-0.39, 0.29) is 4.90 Å². The molecule has 152 valence electrons. The van der Waals surface area contributed by atoms with Gasteiger partial charge in [0.25, 0.3) is 0 Å². The minimum absolute atomic E-state index is 0.293. The summed E-state index contributed by atoms with van der Waals surface area (Å²) in [5.74, 6) is 0. The molecule has 0 radical (unpaired) electrons. The highest BCUT2D eigenvalue weighted by molar-refractivity contribution is 7.85. The van der Waals surface area contributed by atoms with Crippen LogP contribution in [0.5, 0.6) is 0 Å². The molecule has 0 amide bonds. The fourth-order valence-electron chi connectivity index (χ4n) is 2.13. The minimum atomic E-state index is -4.43. The fraction of sp³-hybridized carbons (Fsp3) is 0.100. The highest BCUT2D eigenvalue weighted by Crippen LogP contribution is 2.20. The Morgan fingerprint density at radius 2 is 1.34 bits per heavy atom. The van der Waals surface area contributed by atoms with E-state index in [4.69, 9.17) is 17.3 Å². The Hall–Kier alpha value is -2.78. The molecule has 0 aliphatic rings. The minimum Gasteiger partial charge on any atom is -0.744 e. The van der Waals surface area contributed by atoms with E-state index >= 15 is 0 Å². The summed E-state index contributed by atoms with van der Waals surface area (Å²) in [4.78, 5) is -0.293. The summed E-state index contributed by atoms with van der Waals surface area (Å²) in [6.07, 6.45) is 0. The van der Waals surface area contributed by atoms with E-state index in [1.54, 1.807) is 24.3 Å². The second-order valence-electron chi connectivity index (χ2n) is 6.19. The van der Waals surface area contributed by atoms with E-state index < -0.39 is 10.1 Å². The third kappa shape index (κ3) is 7.63. The maximum Gasteiger partial charge on any atom is 0.124 e. The van der Waals surface area contributed by atoms with Gasteiger partial charge in [-0.15, -0.1) is 0 Å². The topological polar surface area (TPSA) is 136 Å². The van der Waals surface area contributed by atoms with Gasteiger partial charge in [-0.3, -0.25) is 0 Å². The number of anilines is 1. The maximum atomic E-state index is 10.7. The summed E-state index contributed by atoms with van der Waals surface area (Å²) in [7, 11) is -4.43. The van der Waals surface area contributed by atoms with Crippen molar-refractivity contribution in [2.45, 2.75) is 17.9 Å². The van der Waals surface area contributed by atoms with Gasteiger partial charge in [0, 0.05) is 16.3 Å². The third-order valence-corrected chi connectivity index (χ3v) is 4.84. The van der Waals surface area contributed by atoms with Crippen LogP contribution in [0.4, 0.5) is 17.1 Å². The van der Waals surface area contributed by atoms with Crippen LogP contribution >= 0.6 is 11.6 Å². The van der Waals surface area contributed by atoms with Crippen LogP contribution in [0, 0.1) is 0 Å². The number of nitrogens with zero attached hydrogens (tertiary/aromatic N) is 2. The average molecular weight is 433 g/mol. The predicted molar refractivity (Wildman–Crippen MR) is 112 cm³/mol.